The van der Waals surface area contributed by atoms with Crippen LogP contribution in [0.5, 0.6) is 0 Å². The van der Waals surface area contributed by atoms with Gasteiger partial charge < -0.3 is 10.5 Å². The predicted molar refractivity (Wildman–Crippen MR) is 51.1 cm³/mol. The summed E-state index contributed by atoms with van der Waals surface area (Å²) in [5.41, 5.74) is 4.62. The second-order valence-corrected chi connectivity index (χ2v) is 2.55. The van der Waals surface area contributed by atoms with Gasteiger partial charge in [-0.3, -0.25) is 4.98 Å². The number of H-pyrrole nitrogens is 2. The molecule has 5 nitrogen and oxygen atoms in total. The molecule has 0 amide bonds. The number of esters is 1. The second kappa shape index (κ2) is 7.08. The molecule has 0 saturated heterocycles. The number of nitrogens with one attached hydrogen (secondary N) is 2. The van der Waals surface area contributed by atoms with Crippen LogP contribution in [0.2, 0.25) is 0 Å². The molecule has 5 heteroatoms. The third-order valence-corrected chi connectivity index (χ3v) is 1.60. The largest absolute Gasteiger partial charge is 0.465 e. The topological polar surface area (TPSA) is 83.9 Å². The maximum absolute atomic E-state index is 10.9. The fraction of sp³-hybridized carbons (Fsp3) is 0.556. The summed E-state index contributed by atoms with van der Waals surface area (Å²) in [5, 5.41) is 0. The minimum absolute atomic E-state index is 0.287. The number of rotatable bonds is 3. The molecule has 0 spiro atoms. The van der Waals surface area contributed by atoms with Gasteiger partial charge in [0.2, 0.25) is 6.33 Å². The highest BCUT2D eigenvalue weighted by Crippen LogP contribution is 1.93. The van der Waals surface area contributed by atoms with Crippen molar-refractivity contribution in [2.75, 3.05) is 7.11 Å². The van der Waals surface area contributed by atoms with Crippen molar-refractivity contribution in [3.63, 3.8) is 0 Å². The van der Waals surface area contributed by atoms with Crippen molar-refractivity contribution in [3.05, 3.63) is 18.2 Å². The smallest absolute Gasteiger partial charge is 0.364 e. The van der Waals surface area contributed by atoms with Gasteiger partial charge in [-0.25, -0.2) is 9.78 Å². The standard InChI is InChI=1S/C7H11N3O2.C2H6/c1-12-7(11)6(8)2-5-3-9-4-10-5;1-2/h3-4,6H,2,8H2,1H3,(H,9,10);1-2H3/p+2. The lowest BCUT2D eigenvalue weighted by Crippen LogP contribution is -2.66. The van der Waals surface area contributed by atoms with Crippen molar-refractivity contribution < 1.29 is 20.2 Å². The van der Waals surface area contributed by atoms with Crippen LogP contribution in [0.4, 0.5) is 0 Å². The van der Waals surface area contributed by atoms with Crippen LogP contribution in [0.15, 0.2) is 12.5 Å². The number of carbonyl (C=O) groups is 1. The van der Waals surface area contributed by atoms with Crippen molar-refractivity contribution >= 4 is 5.97 Å². The fourth-order valence-corrected chi connectivity index (χ4v) is 0.952. The average molecular weight is 201 g/mol. The molecule has 0 radical (unpaired) electrons. The zero-order valence-electron chi connectivity index (χ0n) is 8.96. The summed E-state index contributed by atoms with van der Waals surface area (Å²) in [5.74, 6) is -0.287. The Hall–Kier alpha value is -1.36. The summed E-state index contributed by atoms with van der Waals surface area (Å²) in [6, 6.07) is -0.345. The average Bonchev–Trinajstić information content (AvgIpc) is 2.72. The van der Waals surface area contributed by atoms with Crippen molar-refractivity contribution in [3.8, 4) is 0 Å². The lowest BCUT2D eigenvalue weighted by atomic mass is 10.2. The Balaban J connectivity index is 0.000000791. The van der Waals surface area contributed by atoms with Gasteiger partial charge >= 0.3 is 5.97 Å². The molecule has 1 unspecified atom stereocenters. The number of ether oxygens (including phenoxy) is 1. The van der Waals surface area contributed by atoms with E-state index in [1.807, 2.05) is 13.8 Å². The molecular formula is C9H19N3O2+2. The quantitative estimate of drug-likeness (QED) is 0.626. The first-order chi connectivity index (χ1) is 6.74. The van der Waals surface area contributed by atoms with Crippen molar-refractivity contribution in [1.29, 1.82) is 0 Å². The Bertz CT molecular complexity index is 247. The first kappa shape index (κ1) is 12.6. The van der Waals surface area contributed by atoms with Gasteiger partial charge in [-0.15, -0.1) is 0 Å². The number of aromatic nitrogens is 2. The monoisotopic (exact) mass is 201 g/mol. The van der Waals surface area contributed by atoms with Crippen LogP contribution in [0.25, 0.3) is 0 Å². The fourth-order valence-electron chi connectivity index (χ4n) is 0.952. The molecule has 1 atom stereocenters. The number of imidazole rings is 1. The summed E-state index contributed by atoms with van der Waals surface area (Å²) in [4.78, 5) is 16.7. The Labute approximate surface area is 83.7 Å². The molecule has 1 rings (SSSR count). The summed E-state index contributed by atoms with van der Waals surface area (Å²) in [6.07, 6.45) is 4.05. The first-order valence-electron chi connectivity index (χ1n) is 4.68. The van der Waals surface area contributed by atoms with Gasteiger partial charge in [0, 0.05) is 0 Å². The highest BCUT2D eigenvalue weighted by atomic mass is 16.5. The normalized spacial score (nSPS) is 11.1. The van der Waals surface area contributed by atoms with E-state index >= 15 is 0 Å². The van der Waals surface area contributed by atoms with Crippen LogP contribution in [-0.2, 0) is 16.0 Å². The molecule has 80 valence electrons. The Kier molecular flexibility index (Phi) is 6.39. The highest BCUT2D eigenvalue weighted by molar-refractivity contribution is 5.74. The van der Waals surface area contributed by atoms with Gasteiger partial charge in [-0.1, -0.05) is 13.8 Å². The molecule has 1 aromatic rings. The molecule has 0 aliphatic carbocycles. The van der Waals surface area contributed by atoms with E-state index in [9.17, 15) is 4.79 Å². The van der Waals surface area contributed by atoms with Crippen molar-refractivity contribution in [2.45, 2.75) is 26.3 Å². The number of hydrogen-bond acceptors (Lipinski definition) is 2. The SMILES string of the molecule is CC.COC(=O)C([NH3+])Cc1c[nH+]c[nH]1. The number of carbonyl (C=O) groups excluding carboxylic acids is 1. The van der Waals surface area contributed by atoms with E-state index in [0.29, 0.717) is 6.42 Å². The van der Waals surface area contributed by atoms with Gasteiger partial charge in [0.25, 0.3) is 0 Å². The van der Waals surface area contributed by atoms with E-state index < -0.39 is 0 Å². The zero-order chi connectivity index (χ0) is 11.0. The van der Waals surface area contributed by atoms with E-state index in [1.165, 1.54) is 7.11 Å². The van der Waals surface area contributed by atoms with E-state index in [0.717, 1.165) is 5.69 Å². The van der Waals surface area contributed by atoms with Crippen LogP contribution in [0.1, 0.15) is 19.5 Å². The van der Waals surface area contributed by atoms with Gasteiger partial charge in [0.15, 0.2) is 6.04 Å². The Morgan fingerprint density at radius 3 is 2.79 bits per heavy atom. The summed E-state index contributed by atoms with van der Waals surface area (Å²) in [6.45, 7) is 4.00. The lowest BCUT2D eigenvalue weighted by molar-refractivity contribution is -0.408. The molecular weight excluding hydrogens is 182 g/mol. The molecule has 0 aromatic carbocycles. The lowest BCUT2D eigenvalue weighted by Gasteiger charge is -2.01. The minimum atomic E-state index is -0.345. The zero-order valence-corrected chi connectivity index (χ0v) is 8.96. The van der Waals surface area contributed by atoms with Crippen LogP contribution in [-0.4, -0.2) is 24.1 Å². The third-order valence-electron chi connectivity index (χ3n) is 1.60. The van der Waals surface area contributed by atoms with Crippen LogP contribution in [0.3, 0.4) is 0 Å². The van der Waals surface area contributed by atoms with Gasteiger partial charge in [-0.05, 0) is 0 Å². The maximum atomic E-state index is 10.9. The van der Waals surface area contributed by atoms with Crippen LogP contribution < -0.4 is 10.7 Å². The molecule has 0 fully saturated rings. The van der Waals surface area contributed by atoms with Crippen LogP contribution in [0, 0.1) is 0 Å². The minimum Gasteiger partial charge on any atom is -0.465 e. The Morgan fingerprint density at radius 1 is 1.71 bits per heavy atom. The molecule has 0 aliphatic heterocycles. The van der Waals surface area contributed by atoms with E-state index in [2.05, 4.69) is 20.4 Å². The second-order valence-electron chi connectivity index (χ2n) is 2.55. The molecule has 0 saturated carbocycles. The molecule has 14 heavy (non-hydrogen) atoms. The number of methoxy groups -OCH3 is 1. The number of hydrogen-bond donors (Lipinski definition) is 2. The molecule has 5 N–H and O–H groups in total. The van der Waals surface area contributed by atoms with E-state index in [1.54, 1.807) is 12.5 Å². The molecule has 0 bridgehead atoms. The number of aromatic amines is 2. The summed E-state index contributed by atoms with van der Waals surface area (Å²) >= 11 is 0. The third kappa shape index (κ3) is 4.04. The van der Waals surface area contributed by atoms with Gasteiger partial charge in [-0.2, -0.15) is 0 Å². The van der Waals surface area contributed by atoms with E-state index in [4.69, 9.17) is 0 Å². The Morgan fingerprint density at radius 2 is 2.36 bits per heavy atom. The molecule has 0 aliphatic rings. The summed E-state index contributed by atoms with van der Waals surface area (Å²) in [7, 11) is 1.36. The van der Waals surface area contributed by atoms with Gasteiger partial charge in [0.1, 0.15) is 11.9 Å². The number of quaternary nitrogens is 1. The van der Waals surface area contributed by atoms with Crippen LogP contribution >= 0.6 is 0 Å². The molecule has 1 heterocycles. The van der Waals surface area contributed by atoms with Crippen molar-refractivity contribution in [2.24, 2.45) is 0 Å². The predicted octanol–water partition coefficient (Wildman–Crippen LogP) is -0.819. The maximum Gasteiger partial charge on any atom is 0.364 e. The highest BCUT2D eigenvalue weighted by Gasteiger charge is 2.20. The van der Waals surface area contributed by atoms with Gasteiger partial charge in [0.05, 0.1) is 13.5 Å². The van der Waals surface area contributed by atoms with E-state index in [-0.39, 0.29) is 12.0 Å². The molecule has 1 aromatic heterocycles. The van der Waals surface area contributed by atoms with Crippen molar-refractivity contribution in [1.82, 2.24) is 4.98 Å². The first-order valence-corrected chi connectivity index (χ1v) is 4.68. The summed E-state index contributed by atoms with van der Waals surface area (Å²) < 4.78 is 4.54.